The van der Waals surface area contributed by atoms with Gasteiger partial charge in [-0.1, -0.05) is 30.3 Å². The quantitative estimate of drug-likeness (QED) is 0.782. The lowest BCUT2D eigenvalue weighted by Gasteiger charge is -2.19. The van der Waals surface area contributed by atoms with Crippen LogP contribution in [0, 0.1) is 6.92 Å². The number of fused-ring (bicyclic) bond motifs is 1. The van der Waals surface area contributed by atoms with Crippen LogP contribution < -0.4 is 5.32 Å². The van der Waals surface area contributed by atoms with Crippen LogP contribution in [0.25, 0.3) is 22.0 Å². The highest BCUT2D eigenvalue weighted by atomic mass is 16.2. The zero-order valence-corrected chi connectivity index (χ0v) is 15.1. The maximum atomic E-state index is 12.0. The molecule has 3 aromatic rings. The first-order chi connectivity index (χ1) is 12.0. The number of aryl methyl sites for hydroxylation is 1. The minimum absolute atomic E-state index is 0.0433. The van der Waals surface area contributed by atoms with Crippen LogP contribution in [0.2, 0.25) is 0 Å². The van der Waals surface area contributed by atoms with Crippen LogP contribution in [0.1, 0.15) is 12.5 Å². The molecular weight excluding hydrogens is 310 g/mol. The monoisotopic (exact) mass is 333 g/mol. The van der Waals surface area contributed by atoms with Gasteiger partial charge in [-0.2, -0.15) is 0 Å². The summed E-state index contributed by atoms with van der Waals surface area (Å²) in [5.74, 6) is 0.0433. The predicted octanol–water partition coefficient (Wildman–Crippen LogP) is 4.10. The molecule has 1 atom stereocenters. The number of likely N-dealkylation sites (N-methyl/N-ethyl adjacent to an activating group) is 1. The summed E-state index contributed by atoms with van der Waals surface area (Å²) in [6.07, 6.45) is 1.84. The van der Waals surface area contributed by atoms with Crippen molar-refractivity contribution in [3.05, 3.63) is 60.3 Å². The average Bonchev–Trinajstić information content (AvgIpc) is 2.60. The molecule has 0 bridgehead atoms. The number of aromatic nitrogens is 1. The van der Waals surface area contributed by atoms with Gasteiger partial charge in [0.25, 0.3) is 0 Å². The van der Waals surface area contributed by atoms with E-state index in [-0.39, 0.29) is 11.9 Å². The molecule has 128 valence electrons. The minimum Gasteiger partial charge on any atom is -0.374 e. The lowest BCUT2D eigenvalue weighted by molar-refractivity contribution is -0.129. The highest BCUT2D eigenvalue weighted by Gasteiger charge is 2.15. The number of carbonyl (C=O) groups is 1. The zero-order chi connectivity index (χ0) is 18.0. The number of carbonyl (C=O) groups excluding carboxylic acids is 1. The van der Waals surface area contributed by atoms with Gasteiger partial charge in [0.05, 0.1) is 5.52 Å². The third kappa shape index (κ3) is 3.48. The SMILES string of the molecule is Cc1ccccc1-c1ccnc2cc(N[C@H](C)C(=O)N(C)C)ccc12. The number of benzene rings is 2. The Balaban J connectivity index is 1.98. The van der Waals surface area contributed by atoms with Crippen molar-refractivity contribution in [2.75, 3.05) is 19.4 Å². The van der Waals surface area contributed by atoms with E-state index < -0.39 is 0 Å². The molecule has 0 saturated heterocycles. The maximum absolute atomic E-state index is 12.0. The fourth-order valence-electron chi connectivity index (χ4n) is 3.05. The van der Waals surface area contributed by atoms with E-state index in [9.17, 15) is 4.79 Å². The second-order valence-electron chi connectivity index (χ2n) is 6.50. The topological polar surface area (TPSA) is 45.2 Å². The van der Waals surface area contributed by atoms with E-state index in [4.69, 9.17) is 0 Å². The molecule has 25 heavy (non-hydrogen) atoms. The lowest BCUT2D eigenvalue weighted by atomic mass is 9.97. The van der Waals surface area contributed by atoms with Gasteiger partial charge in [0.15, 0.2) is 0 Å². The van der Waals surface area contributed by atoms with Gasteiger partial charge in [-0.25, -0.2) is 0 Å². The summed E-state index contributed by atoms with van der Waals surface area (Å²) in [5, 5.41) is 4.36. The Morgan fingerprint density at radius 3 is 2.56 bits per heavy atom. The fraction of sp³-hybridized carbons (Fsp3) is 0.238. The molecule has 2 aromatic carbocycles. The highest BCUT2D eigenvalue weighted by molar-refractivity contribution is 5.96. The van der Waals surface area contributed by atoms with E-state index in [0.717, 1.165) is 16.6 Å². The number of hydrogen-bond donors (Lipinski definition) is 1. The Morgan fingerprint density at radius 1 is 1.08 bits per heavy atom. The van der Waals surface area contributed by atoms with Crippen LogP contribution in [0.15, 0.2) is 54.7 Å². The number of anilines is 1. The van der Waals surface area contributed by atoms with Gasteiger partial charge in [-0.3, -0.25) is 9.78 Å². The molecule has 3 rings (SSSR count). The molecule has 1 aromatic heterocycles. The molecule has 0 radical (unpaired) electrons. The summed E-state index contributed by atoms with van der Waals surface area (Å²) in [4.78, 5) is 18.1. The molecule has 0 aliphatic rings. The van der Waals surface area contributed by atoms with Crippen molar-refractivity contribution in [1.29, 1.82) is 0 Å². The normalized spacial score (nSPS) is 12.0. The zero-order valence-electron chi connectivity index (χ0n) is 15.1. The molecule has 1 amide bonds. The van der Waals surface area contributed by atoms with Crippen LogP contribution in [0.3, 0.4) is 0 Å². The van der Waals surface area contributed by atoms with Crippen LogP contribution in [0.5, 0.6) is 0 Å². The second kappa shape index (κ2) is 6.93. The van der Waals surface area contributed by atoms with E-state index in [1.54, 1.807) is 19.0 Å². The van der Waals surface area contributed by atoms with Gasteiger partial charge in [-0.15, -0.1) is 0 Å². The van der Waals surface area contributed by atoms with E-state index >= 15 is 0 Å². The summed E-state index contributed by atoms with van der Waals surface area (Å²) in [5.41, 5.74) is 5.43. The van der Waals surface area contributed by atoms with Crippen LogP contribution in [-0.2, 0) is 4.79 Å². The number of nitrogens with one attached hydrogen (secondary N) is 1. The summed E-state index contributed by atoms with van der Waals surface area (Å²) in [6.45, 7) is 3.98. The molecule has 0 aliphatic carbocycles. The van der Waals surface area contributed by atoms with Crippen molar-refractivity contribution >= 4 is 22.5 Å². The van der Waals surface area contributed by atoms with Crippen LogP contribution in [-0.4, -0.2) is 35.9 Å². The van der Waals surface area contributed by atoms with Gasteiger partial charge < -0.3 is 10.2 Å². The Labute approximate surface area is 148 Å². The standard InChI is InChI=1S/C21H23N3O/c1-14-7-5-6-8-17(14)18-11-12-22-20-13-16(9-10-19(18)20)23-15(2)21(25)24(3)4/h5-13,15,23H,1-4H3/t15-/m1/s1. The second-order valence-corrected chi connectivity index (χ2v) is 6.50. The first kappa shape index (κ1) is 17.0. The first-order valence-electron chi connectivity index (χ1n) is 8.40. The molecule has 0 aliphatic heterocycles. The van der Waals surface area contributed by atoms with Gasteiger partial charge >= 0.3 is 0 Å². The van der Waals surface area contributed by atoms with Crippen LogP contribution >= 0.6 is 0 Å². The van der Waals surface area contributed by atoms with Gasteiger partial charge in [0.2, 0.25) is 5.91 Å². The molecule has 4 nitrogen and oxygen atoms in total. The number of nitrogens with zero attached hydrogens (tertiary/aromatic N) is 2. The van der Waals surface area contributed by atoms with Gasteiger partial charge in [-0.05, 0) is 48.7 Å². The Hall–Kier alpha value is -2.88. The van der Waals surface area contributed by atoms with Crippen molar-refractivity contribution in [2.45, 2.75) is 19.9 Å². The smallest absolute Gasteiger partial charge is 0.244 e. The summed E-state index contributed by atoms with van der Waals surface area (Å²) >= 11 is 0. The Kier molecular flexibility index (Phi) is 4.70. The number of amides is 1. The Bertz CT molecular complexity index is 918. The third-order valence-electron chi connectivity index (χ3n) is 4.37. The van der Waals surface area contributed by atoms with E-state index in [0.29, 0.717) is 0 Å². The summed E-state index contributed by atoms with van der Waals surface area (Å²) < 4.78 is 0. The maximum Gasteiger partial charge on any atom is 0.244 e. The molecule has 1 heterocycles. The number of pyridine rings is 1. The lowest BCUT2D eigenvalue weighted by Crippen LogP contribution is -2.36. The van der Waals surface area contributed by atoms with Crippen molar-refractivity contribution < 1.29 is 4.79 Å². The first-order valence-corrected chi connectivity index (χ1v) is 8.40. The Morgan fingerprint density at radius 2 is 1.84 bits per heavy atom. The largest absolute Gasteiger partial charge is 0.374 e. The number of hydrogen-bond acceptors (Lipinski definition) is 3. The van der Waals surface area contributed by atoms with Crippen molar-refractivity contribution in [1.82, 2.24) is 9.88 Å². The molecule has 0 saturated carbocycles. The van der Waals surface area contributed by atoms with Gasteiger partial charge in [0, 0.05) is 31.4 Å². The highest BCUT2D eigenvalue weighted by Crippen LogP contribution is 2.31. The average molecular weight is 333 g/mol. The number of rotatable bonds is 4. The predicted molar refractivity (Wildman–Crippen MR) is 104 cm³/mol. The van der Waals surface area contributed by atoms with Crippen LogP contribution in [0.4, 0.5) is 5.69 Å². The molecule has 0 fully saturated rings. The summed E-state index contributed by atoms with van der Waals surface area (Å²) in [6, 6.07) is 16.2. The fourth-order valence-corrected chi connectivity index (χ4v) is 3.05. The van der Waals surface area contributed by atoms with E-state index in [1.165, 1.54) is 16.7 Å². The van der Waals surface area contributed by atoms with Crippen molar-refractivity contribution in [2.24, 2.45) is 0 Å². The molecule has 1 N–H and O–H groups in total. The molecular formula is C21H23N3O. The van der Waals surface area contributed by atoms with E-state index in [1.807, 2.05) is 31.3 Å². The molecule has 4 heteroatoms. The van der Waals surface area contributed by atoms with E-state index in [2.05, 4.69) is 47.6 Å². The minimum atomic E-state index is -0.285. The summed E-state index contributed by atoms with van der Waals surface area (Å²) in [7, 11) is 3.52. The van der Waals surface area contributed by atoms with Crippen molar-refractivity contribution in [3.63, 3.8) is 0 Å². The third-order valence-corrected chi connectivity index (χ3v) is 4.37. The molecule has 0 unspecified atom stereocenters. The van der Waals surface area contributed by atoms with Crippen molar-refractivity contribution in [3.8, 4) is 11.1 Å². The molecule has 0 spiro atoms. The van der Waals surface area contributed by atoms with Gasteiger partial charge in [0.1, 0.15) is 6.04 Å².